The molecule has 1 aromatic heterocycles. The Hall–Kier alpha value is -1.04. The van der Waals surface area contributed by atoms with Gasteiger partial charge >= 0.3 is 6.18 Å². The molecule has 150 valence electrons. The first-order chi connectivity index (χ1) is 11.9. The molecule has 0 bridgehead atoms. The molecule has 2 N–H and O–H groups in total. The summed E-state index contributed by atoms with van der Waals surface area (Å²) in [6, 6.07) is -0.00141. The van der Waals surface area contributed by atoms with Crippen molar-refractivity contribution in [1.82, 2.24) is 25.3 Å². The number of likely N-dealkylation sites (tertiary alicyclic amines) is 1. The third kappa shape index (κ3) is 8.56. The number of alkyl halides is 3. The summed E-state index contributed by atoms with van der Waals surface area (Å²) in [6.07, 6.45) is 2.19. The minimum Gasteiger partial charge on any atom is -0.357 e. The Bertz CT molecular complexity index is 560. The number of rotatable bonds is 7. The van der Waals surface area contributed by atoms with Crippen molar-refractivity contribution in [3.63, 3.8) is 0 Å². The number of halogens is 4. The van der Waals surface area contributed by atoms with Crippen molar-refractivity contribution in [2.45, 2.75) is 38.4 Å². The van der Waals surface area contributed by atoms with Gasteiger partial charge in [-0.15, -0.1) is 24.0 Å². The second-order valence-electron chi connectivity index (χ2n) is 6.37. The molecule has 10 heteroatoms. The molecular formula is C16H28F3IN6. The Labute approximate surface area is 169 Å². The van der Waals surface area contributed by atoms with Gasteiger partial charge in [-0.3, -0.25) is 14.6 Å². The summed E-state index contributed by atoms with van der Waals surface area (Å²) < 4.78 is 39.2. The molecule has 1 aliphatic rings. The Kier molecular flexibility index (Phi) is 9.69. The van der Waals surface area contributed by atoms with E-state index in [0.29, 0.717) is 38.6 Å². The first-order valence-electron chi connectivity index (χ1n) is 8.67. The van der Waals surface area contributed by atoms with E-state index in [0.717, 1.165) is 12.8 Å². The van der Waals surface area contributed by atoms with Crippen molar-refractivity contribution in [3.05, 3.63) is 18.0 Å². The van der Waals surface area contributed by atoms with Crippen molar-refractivity contribution < 1.29 is 13.2 Å². The Morgan fingerprint density at radius 1 is 1.42 bits per heavy atom. The van der Waals surface area contributed by atoms with Gasteiger partial charge in [-0.05, 0) is 31.7 Å². The van der Waals surface area contributed by atoms with Crippen molar-refractivity contribution in [3.8, 4) is 0 Å². The molecule has 0 aliphatic carbocycles. The lowest BCUT2D eigenvalue weighted by atomic mass is 10.2. The molecule has 1 fully saturated rings. The lowest BCUT2D eigenvalue weighted by Gasteiger charge is -2.19. The van der Waals surface area contributed by atoms with Gasteiger partial charge in [0.25, 0.3) is 0 Å². The van der Waals surface area contributed by atoms with Crippen molar-refractivity contribution in [2.24, 2.45) is 12.0 Å². The largest absolute Gasteiger partial charge is 0.401 e. The van der Waals surface area contributed by atoms with E-state index in [4.69, 9.17) is 0 Å². The minimum absolute atomic E-state index is 0. The summed E-state index contributed by atoms with van der Waals surface area (Å²) in [6.45, 7) is 3.34. The summed E-state index contributed by atoms with van der Waals surface area (Å²) in [4.78, 5) is 5.96. The van der Waals surface area contributed by atoms with Gasteiger partial charge in [-0.25, -0.2) is 0 Å². The van der Waals surface area contributed by atoms with E-state index in [2.05, 4.69) is 20.7 Å². The quantitative estimate of drug-likeness (QED) is 0.268. The van der Waals surface area contributed by atoms with Crippen LogP contribution in [0.1, 0.15) is 25.3 Å². The molecule has 1 saturated heterocycles. The molecule has 0 aromatic carbocycles. The van der Waals surface area contributed by atoms with E-state index >= 15 is 0 Å². The van der Waals surface area contributed by atoms with E-state index in [9.17, 15) is 13.2 Å². The molecule has 26 heavy (non-hydrogen) atoms. The van der Waals surface area contributed by atoms with Crippen LogP contribution in [0.5, 0.6) is 0 Å². The van der Waals surface area contributed by atoms with Crippen LogP contribution in [0.3, 0.4) is 0 Å². The van der Waals surface area contributed by atoms with Gasteiger partial charge in [-0.1, -0.05) is 0 Å². The van der Waals surface area contributed by atoms with Gasteiger partial charge in [0.1, 0.15) is 0 Å². The topological polar surface area (TPSA) is 57.5 Å². The number of nitrogens with one attached hydrogen (secondary N) is 2. The van der Waals surface area contributed by atoms with Crippen LogP contribution in [-0.4, -0.2) is 65.6 Å². The predicted octanol–water partition coefficient (Wildman–Crippen LogP) is 2.16. The number of aliphatic imine (C=N–C) groups is 1. The third-order valence-corrected chi connectivity index (χ3v) is 4.01. The van der Waals surface area contributed by atoms with Crippen LogP contribution in [0, 0.1) is 0 Å². The zero-order valence-electron chi connectivity index (χ0n) is 15.2. The predicted molar refractivity (Wildman–Crippen MR) is 107 cm³/mol. The fourth-order valence-electron chi connectivity index (χ4n) is 2.94. The maximum atomic E-state index is 12.5. The Morgan fingerprint density at radius 3 is 2.81 bits per heavy atom. The first-order valence-corrected chi connectivity index (χ1v) is 8.67. The van der Waals surface area contributed by atoms with Gasteiger partial charge in [0.05, 0.1) is 12.7 Å². The van der Waals surface area contributed by atoms with Gasteiger partial charge in [0.15, 0.2) is 5.96 Å². The van der Waals surface area contributed by atoms with Crippen LogP contribution in [0.25, 0.3) is 0 Å². The van der Waals surface area contributed by atoms with E-state index < -0.39 is 12.7 Å². The molecule has 0 saturated carbocycles. The Balaban J connectivity index is 0.00000338. The molecule has 6 nitrogen and oxygen atoms in total. The summed E-state index contributed by atoms with van der Waals surface area (Å²) in [5.41, 5.74) is 1.18. The van der Waals surface area contributed by atoms with Crippen molar-refractivity contribution >= 4 is 29.9 Å². The van der Waals surface area contributed by atoms with Gasteiger partial charge < -0.3 is 10.6 Å². The van der Waals surface area contributed by atoms with Gasteiger partial charge in [0.2, 0.25) is 0 Å². The molecule has 0 radical (unpaired) electrons. The highest BCUT2D eigenvalue weighted by molar-refractivity contribution is 14.0. The van der Waals surface area contributed by atoms with Crippen molar-refractivity contribution in [1.29, 1.82) is 0 Å². The van der Waals surface area contributed by atoms with Crippen LogP contribution >= 0.6 is 24.0 Å². The number of aromatic nitrogens is 2. The fraction of sp³-hybridized carbons (Fsp3) is 0.750. The smallest absolute Gasteiger partial charge is 0.357 e. The van der Waals surface area contributed by atoms with Crippen LogP contribution in [0.2, 0.25) is 0 Å². The zero-order valence-corrected chi connectivity index (χ0v) is 17.6. The van der Waals surface area contributed by atoms with E-state index in [-0.39, 0.29) is 30.0 Å². The van der Waals surface area contributed by atoms with Crippen LogP contribution in [0.4, 0.5) is 13.2 Å². The highest BCUT2D eigenvalue weighted by Crippen LogP contribution is 2.19. The summed E-state index contributed by atoms with van der Waals surface area (Å²) in [5.74, 6) is 0.674. The summed E-state index contributed by atoms with van der Waals surface area (Å²) in [5, 5.41) is 10.5. The maximum Gasteiger partial charge on any atom is 0.401 e. The van der Waals surface area contributed by atoms with E-state index in [1.54, 1.807) is 4.68 Å². The van der Waals surface area contributed by atoms with E-state index in [1.807, 2.05) is 26.4 Å². The average Bonchev–Trinajstić information content (AvgIpc) is 3.11. The first kappa shape index (κ1) is 23.0. The third-order valence-electron chi connectivity index (χ3n) is 4.01. The molecule has 1 unspecified atom stereocenters. The average molecular weight is 488 g/mol. The lowest BCUT2D eigenvalue weighted by molar-refractivity contribution is -0.143. The highest BCUT2D eigenvalue weighted by atomic mass is 127. The number of aryl methyl sites for hydroxylation is 2. The minimum atomic E-state index is -4.14. The molecule has 1 aromatic rings. The molecule has 0 amide bonds. The molecular weight excluding hydrogens is 460 g/mol. The number of nitrogens with zero attached hydrogens (tertiary/aromatic N) is 4. The lowest BCUT2D eigenvalue weighted by Crippen LogP contribution is -2.45. The molecule has 1 atom stereocenters. The summed E-state index contributed by atoms with van der Waals surface area (Å²) >= 11 is 0. The molecule has 0 spiro atoms. The number of guanidine groups is 1. The second-order valence-corrected chi connectivity index (χ2v) is 6.37. The fourth-order valence-corrected chi connectivity index (χ4v) is 2.94. The molecule has 1 aliphatic heterocycles. The van der Waals surface area contributed by atoms with Crippen molar-refractivity contribution in [2.75, 3.05) is 32.7 Å². The van der Waals surface area contributed by atoms with Crippen LogP contribution in [0.15, 0.2) is 17.4 Å². The standard InChI is InChI=1S/C16H27F3N6.HI/c1-3-20-15(21-7-4-5-13-9-22-24(2)10-13)23-14-6-8-25(11-14)12-16(17,18)19;/h9-10,14H,3-8,11-12H2,1-2H3,(H2,20,21,23);1H. The normalized spacial score (nSPS) is 18.7. The van der Waals surface area contributed by atoms with Gasteiger partial charge in [0, 0.05) is 45.5 Å². The zero-order chi connectivity index (χ0) is 18.3. The molecule has 2 heterocycles. The number of hydrogen-bond acceptors (Lipinski definition) is 3. The molecule has 2 rings (SSSR count). The van der Waals surface area contributed by atoms with Crippen LogP contribution in [-0.2, 0) is 13.5 Å². The maximum absolute atomic E-state index is 12.5. The second kappa shape index (κ2) is 11.0. The van der Waals surface area contributed by atoms with Crippen LogP contribution < -0.4 is 10.6 Å². The SMILES string of the molecule is CCNC(=NCCCc1cnn(C)c1)NC1CCN(CC(F)(F)F)C1.I. The van der Waals surface area contributed by atoms with Gasteiger partial charge in [-0.2, -0.15) is 18.3 Å². The Morgan fingerprint density at radius 2 is 2.19 bits per heavy atom. The monoisotopic (exact) mass is 488 g/mol. The van der Waals surface area contributed by atoms with E-state index in [1.165, 1.54) is 10.5 Å². The summed E-state index contributed by atoms with van der Waals surface area (Å²) in [7, 11) is 1.89. The number of hydrogen-bond donors (Lipinski definition) is 2. The highest BCUT2D eigenvalue weighted by Gasteiger charge is 2.34.